The van der Waals surface area contributed by atoms with Crippen molar-refractivity contribution in [3.05, 3.63) is 11.6 Å². The van der Waals surface area contributed by atoms with Crippen molar-refractivity contribution in [3.8, 4) is 0 Å². The number of likely N-dealkylation sites (N-methyl/N-ethyl adjacent to an activating group) is 1. The fourth-order valence-corrected chi connectivity index (χ4v) is 0.828. The highest BCUT2D eigenvalue weighted by Crippen LogP contribution is 1.97. The van der Waals surface area contributed by atoms with Gasteiger partial charge in [-0.25, -0.2) is 0 Å². The molecule has 0 atom stereocenters. The summed E-state index contributed by atoms with van der Waals surface area (Å²) < 4.78 is 0. The quantitative estimate of drug-likeness (QED) is 0.545. The summed E-state index contributed by atoms with van der Waals surface area (Å²) in [5.41, 5.74) is 5.14. The van der Waals surface area contributed by atoms with E-state index in [1.165, 1.54) is 18.9 Å². The van der Waals surface area contributed by atoms with Gasteiger partial charge in [-0.05, 0) is 6.92 Å². The minimum atomic E-state index is -0.650. The maximum Gasteiger partial charge on any atom is 0.249 e. The van der Waals surface area contributed by atoms with Crippen LogP contribution in [-0.2, 0) is 9.59 Å². The van der Waals surface area contributed by atoms with Crippen LogP contribution in [0.25, 0.3) is 0 Å². The summed E-state index contributed by atoms with van der Waals surface area (Å²) in [6.45, 7) is 1.63. The molecule has 13 heavy (non-hydrogen) atoms. The first-order valence-electron chi connectivity index (χ1n) is 3.83. The fourth-order valence-electron chi connectivity index (χ4n) is 0.828. The van der Waals surface area contributed by atoms with E-state index in [4.69, 9.17) is 10.8 Å². The Balaban J connectivity index is 4.33. The van der Waals surface area contributed by atoms with Crippen LogP contribution < -0.4 is 5.73 Å². The minimum Gasteiger partial charge on any atom is -0.395 e. The molecule has 0 radical (unpaired) electrons. The molecule has 0 aromatic rings. The van der Waals surface area contributed by atoms with E-state index in [-0.39, 0.29) is 24.6 Å². The molecule has 2 amide bonds. The molecule has 0 aliphatic rings. The lowest BCUT2D eigenvalue weighted by Crippen LogP contribution is -2.30. The first-order valence-corrected chi connectivity index (χ1v) is 3.83. The number of hydrogen-bond donors (Lipinski definition) is 2. The Bertz CT molecular complexity index is 236. The van der Waals surface area contributed by atoms with Gasteiger partial charge in [0.25, 0.3) is 0 Å². The molecule has 0 bridgehead atoms. The van der Waals surface area contributed by atoms with E-state index in [1.807, 2.05) is 0 Å². The Labute approximate surface area is 76.8 Å². The second-order valence-corrected chi connectivity index (χ2v) is 2.68. The average molecular weight is 186 g/mol. The summed E-state index contributed by atoms with van der Waals surface area (Å²) in [7, 11) is 1.54. The summed E-state index contributed by atoms with van der Waals surface area (Å²) in [6.07, 6.45) is 1.07. The predicted molar refractivity (Wildman–Crippen MR) is 47.7 cm³/mol. The maximum atomic E-state index is 11.3. The highest BCUT2D eigenvalue weighted by atomic mass is 16.3. The number of amides is 2. The van der Waals surface area contributed by atoms with Crippen LogP contribution in [0, 0.1) is 0 Å². The predicted octanol–water partition coefficient (Wildman–Crippen LogP) is -1.13. The summed E-state index contributed by atoms with van der Waals surface area (Å²) in [5, 5.41) is 8.54. The van der Waals surface area contributed by atoms with E-state index in [0.29, 0.717) is 0 Å². The van der Waals surface area contributed by atoms with Crippen LogP contribution in [0.5, 0.6) is 0 Å². The molecule has 0 heterocycles. The van der Waals surface area contributed by atoms with Gasteiger partial charge in [-0.15, -0.1) is 0 Å². The lowest BCUT2D eigenvalue weighted by molar-refractivity contribution is -0.126. The summed E-state index contributed by atoms with van der Waals surface area (Å²) in [4.78, 5) is 23.0. The van der Waals surface area contributed by atoms with Gasteiger partial charge in [0.2, 0.25) is 11.8 Å². The Morgan fingerprint density at radius 1 is 1.54 bits per heavy atom. The number of primary amides is 1. The van der Waals surface area contributed by atoms with Gasteiger partial charge in [0.05, 0.1) is 6.61 Å². The van der Waals surface area contributed by atoms with Crippen molar-refractivity contribution in [2.24, 2.45) is 5.73 Å². The zero-order valence-electron chi connectivity index (χ0n) is 7.78. The van der Waals surface area contributed by atoms with Crippen LogP contribution in [0.2, 0.25) is 0 Å². The Morgan fingerprint density at radius 2 is 2.08 bits per heavy atom. The number of carbonyl (C=O) groups excluding carboxylic acids is 2. The number of nitrogens with zero attached hydrogens (tertiary/aromatic N) is 1. The van der Waals surface area contributed by atoms with Gasteiger partial charge in [0.15, 0.2) is 0 Å². The Kier molecular flexibility index (Phi) is 4.76. The van der Waals surface area contributed by atoms with Crippen molar-refractivity contribution >= 4 is 11.8 Å². The monoisotopic (exact) mass is 186 g/mol. The van der Waals surface area contributed by atoms with Crippen molar-refractivity contribution in [1.82, 2.24) is 4.90 Å². The minimum absolute atomic E-state index is 0.105. The number of rotatable bonds is 4. The van der Waals surface area contributed by atoms with Crippen molar-refractivity contribution in [2.75, 3.05) is 20.2 Å². The number of aliphatic hydroxyl groups is 1. The molecule has 5 nitrogen and oxygen atoms in total. The normalized spacial score (nSPS) is 11.2. The second kappa shape index (κ2) is 5.31. The molecular weight excluding hydrogens is 172 g/mol. The molecule has 0 saturated carbocycles. The summed E-state index contributed by atoms with van der Waals surface area (Å²) >= 11 is 0. The van der Waals surface area contributed by atoms with E-state index < -0.39 is 5.91 Å². The first kappa shape index (κ1) is 11.6. The molecule has 0 aliphatic heterocycles. The lowest BCUT2D eigenvalue weighted by Gasteiger charge is -2.15. The summed E-state index contributed by atoms with van der Waals surface area (Å²) in [5.74, 6) is -0.962. The van der Waals surface area contributed by atoms with Crippen molar-refractivity contribution in [2.45, 2.75) is 6.92 Å². The molecule has 3 N–H and O–H groups in total. The van der Waals surface area contributed by atoms with E-state index >= 15 is 0 Å². The molecule has 0 rings (SSSR count). The smallest absolute Gasteiger partial charge is 0.249 e. The molecule has 0 fully saturated rings. The van der Waals surface area contributed by atoms with E-state index in [1.54, 1.807) is 0 Å². The van der Waals surface area contributed by atoms with Gasteiger partial charge in [0, 0.05) is 25.2 Å². The van der Waals surface area contributed by atoms with Crippen LogP contribution in [-0.4, -0.2) is 42.0 Å². The van der Waals surface area contributed by atoms with E-state index in [2.05, 4.69) is 0 Å². The number of aliphatic hydroxyl groups excluding tert-OH is 1. The molecule has 5 heteroatoms. The van der Waals surface area contributed by atoms with Crippen molar-refractivity contribution in [1.29, 1.82) is 0 Å². The molecule has 74 valence electrons. The van der Waals surface area contributed by atoms with Crippen molar-refractivity contribution in [3.63, 3.8) is 0 Å². The molecule has 0 saturated heterocycles. The van der Waals surface area contributed by atoms with E-state index in [0.717, 1.165) is 6.08 Å². The van der Waals surface area contributed by atoms with Crippen LogP contribution >= 0.6 is 0 Å². The van der Waals surface area contributed by atoms with Crippen LogP contribution in [0.4, 0.5) is 0 Å². The molecule has 0 aromatic heterocycles. The van der Waals surface area contributed by atoms with Crippen LogP contribution in [0.3, 0.4) is 0 Å². The maximum absolute atomic E-state index is 11.3. The number of carbonyl (C=O) groups is 2. The highest BCUT2D eigenvalue weighted by Gasteiger charge is 2.10. The Hall–Kier alpha value is -1.36. The van der Waals surface area contributed by atoms with E-state index in [9.17, 15) is 9.59 Å². The third kappa shape index (κ3) is 4.27. The van der Waals surface area contributed by atoms with Crippen molar-refractivity contribution < 1.29 is 14.7 Å². The SMILES string of the molecule is C/C(=C\C(N)=O)C(=O)N(C)CCO. The Morgan fingerprint density at radius 3 is 2.46 bits per heavy atom. The standard InChI is InChI=1S/C8H14N2O3/c1-6(5-7(9)12)8(13)10(2)3-4-11/h5,11H,3-4H2,1-2H3,(H2,9,12)/b6-5+. The molecular formula is C8H14N2O3. The average Bonchev–Trinajstić information content (AvgIpc) is 2.02. The third-order valence-corrected chi connectivity index (χ3v) is 1.48. The highest BCUT2D eigenvalue weighted by molar-refractivity contribution is 5.99. The molecule has 0 aromatic carbocycles. The van der Waals surface area contributed by atoms with Crippen LogP contribution in [0.15, 0.2) is 11.6 Å². The summed E-state index contributed by atoms with van der Waals surface area (Å²) in [6, 6.07) is 0. The molecule has 0 aliphatic carbocycles. The van der Waals surface area contributed by atoms with Gasteiger partial charge in [-0.3, -0.25) is 9.59 Å². The van der Waals surface area contributed by atoms with Gasteiger partial charge in [-0.1, -0.05) is 0 Å². The van der Waals surface area contributed by atoms with Gasteiger partial charge in [-0.2, -0.15) is 0 Å². The van der Waals surface area contributed by atoms with Gasteiger partial charge < -0.3 is 15.7 Å². The second-order valence-electron chi connectivity index (χ2n) is 2.68. The first-order chi connectivity index (χ1) is 5.99. The van der Waals surface area contributed by atoms with Crippen LogP contribution in [0.1, 0.15) is 6.92 Å². The largest absolute Gasteiger partial charge is 0.395 e. The van der Waals surface area contributed by atoms with Gasteiger partial charge in [0.1, 0.15) is 0 Å². The fraction of sp³-hybridized carbons (Fsp3) is 0.500. The topological polar surface area (TPSA) is 83.6 Å². The number of nitrogens with two attached hydrogens (primary N) is 1. The molecule has 0 spiro atoms. The number of hydrogen-bond acceptors (Lipinski definition) is 3. The third-order valence-electron chi connectivity index (χ3n) is 1.48. The molecule has 0 unspecified atom stereocenters. The van der Waals surface area contributed by atoms with Gasteiger partial charge >= 0.3 is 0 Å². The zero-order valence-corrected chi connectivity index (χ0v) is 7.78. The zero-order chi connectivity index (χ0) is 10.4. The lowest BCUT2D eigenvalue weighted by atomic mass is 10.2.